The van der Waals surface area contributed by atoms with Crippen LogP contribution < -0.4 is 4.90 Å². The first kappa shape index (κ1) is 19.5. The molecule has 2 fully saturated rings. The summed E-state index contributed by atoms with van der Waals surface area (Å²) in [6, 6.07) is 20.3. The minimum absolute atomic E-state index is 0.0154. The molecule has 5 nitrogen and oxygen atoms in total. The van der Waals surface area contributed by atoms with E-state index >= 15 is 0 Å². The van der Waals surface area contributed by atoms with E-state index in [0.29, 0.717) is 24.2 Å². The molecule has 2 saturated heterocycles. The van der Waals surface area contributed by atoms with E-state index in [0.717, 1.165) is 28.6 Å². The Kier molecular flexibility index (Phi) is 5.29. The van der Waals surface area contributed by atoms with Crippen molar-refractivity contribution in [3.8, 4) is 6.07 Å². The quantitative estimate of drug-likeness (QED) is 0.724. The number of hydrogen-bond donors (Lipinski definition) is 0. The van der Waals surface area contributed by atoms with Crippen molar-refractivity contribution in [2.75, 3.05) is 19.0 Å². The maximum Gasteiger partial charge on any atom is 0.414 e. The first-order valence-corrected chi connectivity index (χ1v) is 10.3. The minimum Gasteiger partial charge on any atom is -0.445 e. The van der Waals surface area contributed by atoms with Crippen molar-refractivity contribution in [3.05, 3.63) is 65.7 Å². The highest BCUT2D eigenvalue weighted by Gasteiger charge is 2.50. The summed E-state index contributed by atoms with van der Waals surface area (Å²) in [7, 11) is 4.61. The number of hydrogen-bond acceptors (Lipinski definition) is 3. The third kappa shape index (κ3) is 3.99. The third-order valence-corrected chi connectivity index (χ3v) is 6.76. The van der Waals surface area contributed by atoms with Crippen molar-refractivity contribution in [1.82, 2.24) is 0 Å². The summed E-state index contributed by atoms with van der Waals surface area (Å²) in [5.41, 5.74) is 2.39. The summed E-state index contributed by atoms with van der Waals surface area (Å²) in [4.78, 5) is 14.9. The molecular formula is C24H28N3O2+. The number of quaternary nitrogens is 1. The number of nitrogens with zero attached hydrogens (tertiary/aromatic N) is 3. The van der Waals surface area contributed by atoms with Crippen LogP contribution in [-0.4, -0.2) is 42.9 Å². The molecule has 2 aromatic carbocycles. The second-order valence-corrected chi connectivity index (χ2v) is 8.72. The third-order valence-electron chi connectivity index (χ3n) is 6.76. The first-order chi connectivity index (χ1) is 14.0. The van der Waals surface area contributed by atoms with Crippen molar-refractivity contribution in [2.45, 2.75) is 50.4 Å². The Hall–Kier alpha value is -2.84. The molecule has 29 heavy (non-hydrogen) atoms. The average Bonchev–Trinajstić information content (AvgIpc) is 2.89. The predicted molar refractivity (Wildman–Crippen MR) is 112 cm³/mol. The van der Waals surface area contributed by atoms with Gasteiger partial charge >= 0.3 is 6.09 Å². The molecule has 2 bridgehead atoms. The lowest BCUT2D eigenvalue weighted by Crippen LogP contribution is -2.56. The molecule has 0 radical (unpaired) electrons. The zero-order valence-corrected chi connectivity index (χ0v) is 17.1. The van der Waals surface area contributed by atoms with E-state index in [1.54, 1.807) is 17.0 Å². The highest BCUT2D eigenvalue weighted by molar-refractivity contribution is 5.87. The molecule has 0 spiro atoms. The Labute approximate surface area is 172 Å². The van der Waals surface area contributed by atoms with Gasteiger partial charge in [0.2, 0.25) is 0 Å². The van der Waals surface area contributed by atoms with Crippen LogP contribution in [0.4, 0.5) is 10.5 Å². The summed E-state index contributed by atoms with van der Waals surface area (Å²) in [5, 5.41) is 9.01. The molecule has 1 unspecified atom stereocenters. The Morgan fingerprint density at radius 2 is 1.69 bits per heavy atom. The van der Waals surface area contributed by atoms with Crippen LogP contribution in [0.2, 0.25) is 0 Å². The number of ether oxygens (including phenoxy) is 1. The standard InChI is InChI=1S/C24H28N3O2/c1-27(2)21-12-13-22(27)15-23(14-21)29-24(28)26(20-6-4-3-5-7-20)17-19-10-8-18(16-25)9-11-19/h3-11,21-23H,12-15,17H2,1-2H3/q+1/t21-,22+,23?. The highest BCUT2D eigenvalue weighted by atomic mass is 16.6. The van der Waals surface area contributed by atoms with E-state index in [9.17, 15) is 4.79 Å². The van der Waals surface area contributed by atoms with Gasteiger partial charge in [0.15, 0.2) is 0 Å². The smallest absolute Gasteiger partial charge is 0.414 e. The van der Waals surface area contributed by atoms with Crippen molar-refractivity contribution in [2.24, 2.45) is 0 Å². The molecule has 3 atom stereocenters. The van der Waals surface area contributed by atoms with Crippen LogP contribution in [-0.2, 0) is 11.3 Å². The number of piperidine rings is 1. The number of rotatable bonds is 4. The summed E-state index contributed by atoms with van der Waals surface area (Å²) < 4.78 is 7.08. The molecule has 150 valence electrons. The van der Waals surface area contributed by atoms with Gasteiger partial charge in [-0.15, -0.1) is 0 Å². The van der Waals surface area contributed by atoms with Crippen molar-refractivity contribution < 1.29 is 14.0 Å². The molecule has 0 aromatic heterocycles. The van der Waals surface area contributed by atoms with Gasteiger partial charge in [0.05, 0.1) is 44.4 Å². The summed E-state index contributed by atoms with van der Waals surface area (Å²) >= 11 is 0. The Morgan fingerprint density at radius 3 is 2.28 bits per heavy atom. The number of anilines is 1. The van der Waals surface area contributed by atoms with E-state index in [4.69, 9.17) is 10.00 Å². The molecule has 2 aliphatic heterocycles. The van der Waals surface area contributed by atoms with Gasteiger partial charge in [0, 0.05) is 31.4 Å². The van der Waals surface area contributed by atoms with E-state index in [1.165, 1.54) is 12.8 Å². The van der Waals surface area contributed by atoms with Crippen molar-refractivity contribution >= 4 is 11.8 Å². The van der Waals surface area contributed by atoms with E-state index in [2.05, 4.69) is 20.2 Å². The van der Waals surface area contributed by atoms with Gasteiger partial charge in [-0.1, -0.05) is 30.3 Å². The molecule has 2 aromatic rings. The lowest BCUT2D eigenvalue weighted by molar-refractivity contribution is -0.931. The molecule has 0 saturated carbocycles. The van der Waals surface area contributed by atoms with Crippen molar-refractivity contribution in [3.63, 3.8) is 0 Å². The maximum absolute atomic E-state index is 13.2. The van der Waals surface area contributed by atoms with Crippen molar-refractivity contribution in [1.29, 1.82) is 5.26 Å². The van der Waals surface area contributed by atoms with Crippen LogP contribution in [0.15, 0.2) is 54.6 Å². The number of para-hydroxylation sites is 1. The van der Waals surface area contributed by atoms with E-state index < -0.39 is 0 Å². The van der Waals surface area contributed by atoms with Crippen LogP contribution in [0.5, 0.6) is 0 Å². The van der Waals surface area contributed by atoms with Gasteiger partial charge in [-0.3, -0.25) is 4.90 Å². The molecular weight excluding hydrogens is 362 g/mol. The normalized spacial score (nSPS) is 24.5. The number of amides is 1. The first-order valence-electron chi connectivity index (χ1n) is 10.3. The van der Waals surface area contributed by atoms with Crippen LogP contribution in [0.3, 0.4) is 0 Å². The number of carbonyl (C=O) groups excluding carboxylic acids is 1. The molecule has 2 aliphatic rings. The van der Waals surface area contributed by atoms with E-state index in [-0.39, 0.29) is 12.2 Å². The molecule has 2 heterocycles. The fourth-order valence-corrected chi connectivity index (χ4v) is 4.87. The van der Waals surface area contributed by atoms with Crippen LogP contribution in [0, 0.1) is 11.3 Å². The minimum atomic E-state index is -0.294. The van der Waals surface area contributed by atoms with Gasteiger partial charge in [-0.2, -0.15) is 5.26 Å². The van der Waals surface area contributed by atoms with Gasteiger partial charge in [-0.25, -0.2) is 4.79 Å². The van der Waals surface area contributed by atoms with Gasteiger partial charge < -0.3 is 9.22 Å². The second kappa shape index (κ2) is 7.88. The lowest BCUT2D eigenvalue weighted by Gasteiger charge is -2.44. The molecule has 0 N–H and O–H groups in total. The molecule has 4 rings (SSSR count). The average molecular weight is 391 g/mol. The summed E-state index contributed by atoms with van der Waals surface area (Å²) in [6.45, 7) is 0.412. The number of nitriles is 1. The Morgan fingerprint density at radius 1 is 1.07 bits per heavy atom. The topological polar surface area (TPSA) is 53.3 Å². The van der Waals surface area contributed by atoms with Gasteiger partial charge in [0.25, 0.3) is 0 Å². The van der Waals surface area contributed by atoms with Crippen LogP contribution in [0.1, 0.15) is 36.8 Å². The summed E-state index contributed by atoms with van der Waals surface area (Å²) in [5.74, 6) is 0. The van der Waals surface area contributed by atoms with Crippen LogP contribution >= 0.6 is 0 Å². The lowest BCUT2D eigenvalue weighted by atomic mass is 9.98. The van der Waals surface area contributed by atoms with Gasteiger partial charge in [0.1, 0.15) is 6.10 Å². The second-order valence-electron chi connectivity index (χ2n) is 8.72. The molecule has 5 heteroatoms. The number of fused-ring (bicyclic) bond motifs is 2. The zero-order valence-electron chi connectivity index (χ0n) is 17.1. The highest BCUT2D eigenvalue weighted by Crippen LogP contribution is 2.40. The zero-order chi connectivity index (χ0) is 20.4. The largest absolute Gasteiger partial charge is 0.445 e. The van der Waals surface area contributed by atoms with Gasteiger partial charge in [-0.05, 0) is 29.8 Å². The van der Waals surface area contributed by atoms with E-state index in [1.807, 2.05) is 42.5 Å². The fraction of sp³-hybridized carbons (Fsp3) is 0.417. The molecule has 0 aliphatic carbocycles. The predicted octanol–water partition coefficient (Wildman–Crippen LogP) is 4.47. The maximum atomic E-state index is 13.2. The Balaban J connectivity index is 1.50. The Bertz CT molecular complexity index is 886. The SMILES string of the molecule is C[N+]1(C)[C@@H]2CC[C@H]1CC(OC(=O)N(Cc1ccc(C#N)cc1)c1ccccc1)C2. The molecule has 1 amide bonds. The number of carbonyl (C=O) groups is 1. The number of benzene rings is 2. The van der Waals surface area contributed by atoms with Crippen LogP contribution in [0.25, 0.3) is 0 Å². The fourth-order valence-electron chi connectivity index (χ4n) is 4.87. The monoisotopic (exact) mass is 390 g/mol. The summed E-state index contributed by atoms with van der Waals surface area (Å²) in [6.07, 6.45) is 4.01.